The lowest BCUT2D eigenvalue weighted by molar-refractivity contribution is 0.487. The molecule has 3 rings (SSSR count). The third-order valence-electron chi connectivity index (χ3n) is 3.08. The number of nitrogens with two attached hydrogens (primary N) is 1. The molecule has 0 bridgehead atoms. The third-order valence-corrected chi connectivity index (χ3v) is 3.08. The molecule has 0 radical (unpaired) electrons. The Bertz CT molecular complexity index is 738. The van der Waals surface area contributed by atoms with Crippen molar-refractivity contribution in [3.63, 3.8) is 0 Å². The Morgan fingerprint density at radius 3 is 2.55 bits per heavy atom. The largest absolute Gasteiger partial charge is 0.455 e. The van der Waals surface area contributed by atoms with Gasteiger partial charge in [0.25, 0.3) is 0 Å². The zero-order valence-corrected chi connectivity index (χ0v) is 11.1. The second-order valence-corrected chi connectivity index (χ2v) is 4.58. The first-order chi connectivity index (χ1) is 9.76. The van der Waals surface area contributed by atoms with Gasteiger partial charge in [-0.3, -0.25) is 0 Å². The average Bonchev–Trinajstić information content (AvgIpc) is 2.49. The van der Waals surface area contributed by atoms with Crippen LogP contribution < -0.4 is 16.0 Å². The van der Waals surface area contributed by atoms with Crippen LogP contribution >= 0.6 is 0 Å². The average molecular weight is 265 g/mol. The summed E-state index contributed by atoms with van der Waals surface area (Å²) in [6.07, 6.45) is 0. The number of rotatable bonds is 3. The van der Waals surface area contributed by atoms with Crippen LogP contribution in [0, 0.1) is 6.92 Å². The molecule has 0 saturated heterocycles. The van der Waals surface area contributed by atoms with E-state index in [1.807, 2.05) is 61.5 Å². The molecule has 3 N–H and O–H groups in total. The Morgan fingerprint density at radius 2 is 1.80 bits per heavy atom. The van der Waals surface area contributed by atoms with E-state index in [-0.39, 0.29) is 0 Å². The number of aryl methyl sites for hydroxylation is 1. The maximum Gasteiger partial charge on any atom is 0.153 e. The summed E-state index contributed by atoms with van der Waals surface area (Å²) in [5.74, 6) is 7.52. The van der Waals surface area contributed by atoms with Crippen molar-refractivity contribution < 1.29 is 4.74 Å². The van der Waals surface area contributed by atoms with Crippen LogP contribution in [0.5, 0.6) is 11.5 Å². The minimum atomic E-state index is 0.609. The van der Waals surface area contributed by atoms with E-state index in [1.54, 1.807) is 0 Å². The van der Waals surface area contributed by atoms with Gasteiger partial charge in [-0.05, 0) is 37.3 Å². The molecule has 4 heteroatoms. The Hall–Kier alpha value is -2.59. The van der Waals surface area contributed by atoms with Gasteiger partial charge in [0.1, 0.15) is 17.1 Å². The van der Waals surface area contributed by atoms with Gasteiger partial charge in [0, 0.05) is 5.39 Å². The van der Waals surface area contributed by atoms with Crippen molar-refractivity contribution in [3.8, 4) is 11.5 Å². The smallest absolute Gasteiger partial charge is 0.153 e. The molecule has 20 heavy (non-hydrogen) atoms. The van der Waals surface area contributed by atoms with Gasteiger partial charge in [-0.2, -0.15) is 0 Å². The number of ether oxygens (including phenoxy) is 1. The molecule has 0 spiro atoms. The number of nitrogen functional groups attached to an aromatic ring is 1. The molecule has 3 aromatic rings. The Balaban J connectivity index is 2.04. The van der Waals surface area contributed by atoms with Crippen molar-refractivity contribution in [2.24, 2.45) is 5.84 Å². The fraction of sp³-hybridized carbons (Fsp3) is 0.0625. The van der Waals surface area contributed by atoms with Crippen LogP contribution in [0.1, 0.15) is 5.56 Å². The third kappa shape index (κ3) is 2.41. The topological polar surface area (TPSA) is 60.2 Å². The zero-order chi connectivity index (χ0) is 13.9. The molecule has 1 aromatic heterocycles. The van der Waals surface area contributed by atoms with Crippen LogP contribution in [0.2, 0.25) is 0 Å². The number of hydrogen-bond donors (Lipinski definition) is 2. The monoisotopic (exact) mass is 265 g/mol. The summed E-state index contributed by atoms with van der Waals surface area (Å²) in [7, 11) is 0. The van der Waals surface area contributed by atoms with Crippen molar-refractivity contribution in [1.82, 2.24) is 4.98 Å². The maximum atomic E-state index is 5.92. The van der Waals surface area contributed by atoms with Crippen LogP contribution in [0.25, 0.3) is 10.9 Å². The fourth-order valence-electron chi connectivity index (χ4n) is 2.02. The van der Waals surface area contributed by atoms with Gasteiger partial charge in [-0.15, -0.1) is 0 Å². The highest BCUT2D eigenvalue weighted by Gasteiger charge is 2.06. The minimum absolute atomic E-state index is 0.609. The summed E-state index contributed by atoms with van der Waals surface area (Å²) in [6, 6.07) is 17.5. The lowest BCUT2D eigenvalue weighted by Crippen LogP contribution is -2.08. The van der Waals surface area contributed by atoms with Crippen LogP contribution in [0.15, 0.2) is 54.6 Å². The van der Waals surface area contributed by atoms with E-state index >= 15 is 0 Å². The van der Waals surface area contributed by atoms with Crippen LogP contribution in [0.4, 0.5) is 5.82 Å². The molecule has 1 heterocycles. The van der Waals surface area contributed by atoms with Gasteiger partial charge in [-0.1, -0.05) is 29.8 Å². The van der Waals surface area contributed by atoms with E-state index in [1.165, 1.54) is 5.56 Å². The number of nitrogens with zero attached hydrogens (tertiary/aromatic N) is 1. The molecule has 0 saturated carbocycles. The van der Waals surface area contributed by atoms with E-state index in [9.17, 15) is 0 Å². The van der Waals surface area contributed by atoms with Crippen molar-refractivity contribution in [1.29, 1.82) is 0 Å². The van der Waals surface area contributed by atoms with E-state index in [4.69, 9.17) is 10.6 Å². The van der Waals surface area contributed by atoms with Crippen molar-refractivity contribution in [2.45, 2.75) is 6.92 Å². The van der Waals surface area contributed by atoms with Crippen molar-refractivity contribution in [3.05, 3.63) is 60.2 Å². The molecule has 0 atom stereocenters. The number of hydrazine groups is 1. The van der Waals surface area contributed by atoms with Crippen molar-refractivity contribution >= 4 is 16.7 Å². The Kier molecular flexibility index (Phi) is 3.23. The summed E-state index contributed by atoms with van der Waals surface area (Å²) >= 11 is 0. The van der Waals surface area contributed by atoms with E-state index in [0.29, 0.717) is 11.6 Å². The molecule has 0 aliphatic carbocycles. The predicted molar refractivity (Wildman–Crippen MR) is 80.8 cm³/mol. The minimum Gasteiger partial charge on any atom is -0.455 e. The lowest BCUT2D eigenvalue weighted by Gasteiger charge is -2.09. The predicted octanol–water partition coefficient (Wildman–Crippen LogP) is 3.62. The normalized spacial score (nSPS) is 10.5. The highest BCUT2D eigenvalue weighted by Crippen LogP contribution is 2.29. The SMILES string of the molecule is Cc1ccc(Oc2cccc3ccc(NN)nc23)cc1. The number of nitrogens with one attached hydrogen (secondary N) is 1. The summed E-state index contributed by atoms with van der Waals surface area (Å²) in [5.41, 5.74) is 4.53. The van der Waals surface area contributed by atoms with Gasteiger partial charge in [-0.25, -0.2) is 10.8 Å². The number of para-hydroxylation sites is 1. The zero-order valence-electron chi connectivity index (χ0n) is 11.1. The number of pyridine rings is 1. The quantitative estimate of drug-likeness (QED) is 0.561. The summed E-state index contributed by atoms with van der Waals surface area (Å²) < 4.78 is 5.92. The van der Waals surface area contributed by atoms with E-state index in [0.717, 1.165) is 16.7 Å². The molecular formula is C16H15N3O. The number of benzene rings is 2. The second kappa shape index (κ2) is 5.19. The number of hydrogen-bond acceptors (Lipinski definition) is 4. The van der Waals surface area contributed by atoms with Crippen molar-refractivity contribution in [2.75, 3.05) is 5.43 Å². The molecular weight excluding hydrogens is 250 g/mol. The molecule has 0 amide bonds. The van der Waals surface area contributed by atoms with Gasteiger partial charge < -0.3 is 10.2 Å². The summed E-state index contributed by atoms with van der Waals surface area (Å²) in [6.45, 7) is 2.04. The van der Waals surface area contributed by atoms with E-state index in [2.05, 4.69) is 10.4 Å². The molecule has 0 fully saturated rings. The van der Waals surface area contributed by atoms with Crippen LogP contribution in [-0.4, -0.2) is 4.98 Å². The Morgan fingerprint density at radius 1 is 1.00 bits per heavy atom. The summed E-state index contributed by atoms with van der Waals surface area (Å²) in [5, 5.41) is 1.01. The van der Waals surface area contributed by atoms with Gasteiger partial charge in [0.05, 0.1) is 0 Å². The fourth-order valence-corrected chi connectivity index (χ4v) is 2.02. The highest BCUT2D eigenvalue weighted by atomic mass is 16.5. The van der Waals surface area contributed by atoms with E-state index < -0.39 is 0 Å². The molecule has 0 aliphatic heterocycles. The lowest BCUT2D eigenvalue weighted by atomic mass is 10.2. The molecule has 2 aromatic carbocycles. The highest BCUT2D eigenvalue weighted by molar-refractivity contribution is 5.86. The molecule has 100 valence electrons. The number of anilines is 1. The first-order valence-corrected chi connectivity index (χ1v) is 6.37. The molecule has 4 nitrogen and oxygen atoms in total. The number of aromatic nitrogens is 1. The van der Waals surface area contributed by atoms with Gasteiger partial charge in [0.2, 0.25) is 0 Å². The maximum absolute atomic E-state index is 5.92. The molecule has 0 aliphatic rings. The first-order valence-electron chi connectivity index (χ1n) is 6.37. The first kappa shape index (κ1) is 12.4. The molecule has 0 unspecified atom stereocenters. The van der Waals surface area contributed by atoms with Crippen LogP contribution in [0.3, 0.4) is 0 Å². The standard InChI is InChI=1S/C16H15N3O/c1-11-5-8-13(9-6-11)20-14-4-2-3-12-7-10-15(19-17)18-16(12)14/h2-10H,17H2,1H3,(H,18,19). The van der Waals surface area contributed by atoms with Crippen LogP contribution in [-0.2, 0) is 0 Å². The second-order valence-electron chi connectivity index (χ2n) is 4.58. The summed E-state index contributed by atoms with van der Waals surface area (Å²) in [4.78, 5) is 4.45. The van der Waals surface area contributed by atoms with Gasteiger partial charge in [0.15, 0.2) is 5.75 Å². The van der Waals surface area contributed by atoms with Gasteiger partial charge >= 0.3 is 0 Å². The number of fused-ring (bicyclic) bond motifs is 1. The Labute approximate surface area is 117 Å².